The number of allylic oxidation sites excluding steroid dienone is 1. The Morgan fingerprint density at radius 2 is 1.08 bits per heavy atom. The fourth-order valence-electron chi connectivity index (χ4n) is 7.73. The van der Waals surface area contributed by atoms with Gasteiger partial charge in [0.2, 0.25) is 0 Å². The second-order valence-electron chi connectivity index (χ2n) is 17.6. The van der Waals surface area contributed by atoms with Gasteiger partial charge >= 0.3 is 0 Å². The number of nitrogens with zero attached hydrogens (tertiary/aromatic N) is 6. The maximum absolute atomic E-state index is 12.1. The maximum Gasteiger partial charge on any atom is 0.146 e. The third kappa shape index (κ3) is 7.95. The third-order valence-electron chi connectivity index (χ3n) is 9.32. The Balaban J connectivity index is 1.74. The summed E-state index contributed by atoms with van der Waals surface area (Å²) in [7, 11) is 0. The van der Waals surface area contributed by atoms with Gasteiger partial charge in [-0.15, -0.1) is 24.9 Å². The topological polar surface area (TPSA) is 102 Å². The Kier molecular flexibility index (Phi) is 9.83. The average Bonchev–Trinajstić information content (AvgIpc) is 3.61. The molecule has 0 saturated carbocycles. The number of aromatic hydroxyl groups is 2. The quantitative estimate of drug-likeness (QED) is 0.153. The molecule has 2 aromatic heterocycles. The standard InChI is InChI=1S/C42H56N6O2/c1-13-17-32-31(14-2)43-47(44-32)35-23-29(41(9,10)25-39(3,4)5)21-27(37(35)49)20-28-22-30(42(11,12)26-40(6,7)8)24-36(38(28)50)48-45-33-18-15-16-19-34(33)46-48/h13,15-19,21-24,49-50H,14,20,25-26H2,1-12H3. The molecular formula is C42H56N6O2. The van der Waals surface area contributed by atoms with E-state index in [1.807, 2.05) is 55.5 Å². The molecule has 0 aliphatic heterocycles. The molecule has 50 heavy (non-hydrogen) atoms. The first-order valence-electron chi connectivity index (χ1n) is 17.9. The van der Waals surface area contributed by atoms with Gasteiger partial charge in [0, 0.05) is 17.5 Å². The van der Waals surface area contributed by atoms with Crippen molar-refractivity contribution in [3.8, 4) is 22.9 Å². The van der Waals surface area contributed by atoms with E-state index in [2.05, 4.69) is 88.3 Å². The fraction of sp³-hybridized carbons (Fsp3) is 0.476. The molecular weight excluding hydrogens is 621 g/mol. The molecule has 266 valence electrons. The lowest BCUT2D eigenvalue weighted by atomic mass is 9.71. The zero-order chi connectivity index (χ0) is 36.8. The number of aromatic nitrogens is 6. The predicted molar refractivity (Wildman–Crippen MR) is 205 cm³/mol. The molecule has 0 fully saturated rings. The lowest BCUT2D eigenvalue weighted by Crippen LogP contribution is -2.25. The number of hydrogen-bond acceptors (Lipinski definition) is 6. The number of phenolic OH excluding ortho intramolecular Hbond substituents is 2. The minimum absolute atomic E-state index is 0.0698. The Labute approximate surface area is 298 Å². The van der Waals surface area contributed by atoms with Crippen LogP contribution in [0.15, 0.2) is 54.6 Å². The van der Waals surface area contributed by atoms with E-state index < -0.39 is 0 Å². The molecule has 0 amide bonds. The van der Waals surface area contributed by atoms with Gasteiger partial charge in [0.1, 0.15) is 39.6 Å². The van der Waals surface area contributed by atoms with Crippen LogP contribution in [0.2, 0.25) is 0 Å². The van der Waals surface area contributed by atoms with Gasteiger partial charge < -0.3 is 10.2 Å². The Morgan fingerprint density at radius 3 is 1.48 bits per heavy atom. The first-order valence-corrected chi connectivity index (χ1v) is 17.9. The second kappa shape index (κ2) is 13.3. The minimum Gasteiger partial charge on any atom is -0.505 e. The van der Waals surface area contributed by atoms with Crippen LogP contribution in [-0.4, -0.2) is 40.2 Å². The van der Waals surface area contributed by atoms with Gasteiger partial charge in [-0.3, -0.25) is 0 Å². The summed E-state index contributed by atoms with van der Waals surface area (Å²) >= 11 is 0. The summed E-state index contributed by atoms with van der Waals surface area (Å²) in [6.45, 7) is 26.5. The normalized spacial score (nSPS) is 13.2. The highest BCUT2D eigenvalue weighted by molar-refractivity contribution is 5.74. The zero-order valence-corrected chi connectivity index (χ0v) is 32.2. The number of hydrogen-bond donors (Lipinski definition) is 2. The van der Waals surface area contributed by atoms with Gasteiger partial charge in [0.25, 0.3) is 0 Å². The second-order valence-corrected chi connectivity index (χ2v) is 17.6. The van der Waals surface area contributed by atoms with Crippen molar-refractivity contribution in [2.45, 2.75) is 120 Å². The molecule has 5 rings (SSSR count). The fourth-order valence-corrected chi connectivity index (χ4v) is 7.73. The van der Waals surface area contributed by atoms with Crippen LogP contribution in [0.4, 0.5) is 0 Å². The maximum atomic E-state index is 12.1. The summed E-state index contributed by atoms with van der Waals surface area (Å²) in [5, 5.41) is 43.2. The highest BCUT2D eigenvalue weighted by atomic mass is 16.3. The van der Waals surface area contributed by atoms with E-state index in [1.54, 1.807) is 4.80 Å². The van der Waals surface area contributed by atoms with E-state index in [0.717, 1.165) is 46.4 Å². The van der Waals surface area contributed by atoms with Crippen molar-refractivity contribution in [3.63, 3.8) is 0 Å². The molecule has 8 heteroatoms. The molecule has 0 saturated heterocycles. The molecule has 0 atom stereocenters. The van der Waals surface area contributed by atoms with Crippen molar-refractivity contribution < 1.29 is 10.2 Å². The van der Waals surface area contributed by atoms with Crippen molar-refractivity contribution in [1.29, 1.82) is 0 Å². The number of rotatable bonds is 10. The van der Waals surface area contributed by atoms with Crippen LogP contribution in [-0.2, 0) is 23.7 Å². The molecule has 8 nitrogen and oxygen atoms in total. The van der Waals surface area contributed by atoms with E-state index >= 15 is 0 Å². The Morgan fingerprint density at radius 1 is 0.640 bits per heavy atom. The predicted octanol–water partition coefficient (Wildman–Crippen LogP) is 10.0. The first-order chi connectivity index (χ1) is 23.2. The molecule has 0 unspecified atom stereocenters. The van der Waals surface area contributed by atoms with E-state index in [0.29, 0.717) is 28.9 Å². The Hall–Kier alpha value is -4.46. The largest absolute Gasteiger partial charge is 0.505 e. The SMILES string of the molecule is CC=Cc1nn(-c2cc(C(C)(C)CC(C)(C)C)cc(Cc3cc(C(C)(C)CC(C)(C)C)cc(-n4nc5ccccc5n4)c3O)c2O)nc1CC. The van der Waals surface area contributed by atoms with Crippen LogP contribution in [0, 0.1) is 10.8 Å². The van der Waals surface area contributed by atoms with Gasteiger partial charge in [0.15, 0.2) is 0 Å². The smallest absolute Gasteiger partial charge is 0.146 e. The third-order valence-corrected chi connectivity index (χ3v) is 9.32. The number of phenols is 2. The summed E-state index contributed by atoms with van der Waals surface area (Å²) in [6.07, 6.45) is 6.74. The van der Waals surface area contributed by atoms with Crippen LogP contribution >= 0.6 is 0 Å². The molecule has 0 aliphatic rings. The highest BCUT2D eigenvalue weighted by Crippen LogP contribution is 2.43. The molecule has 2 N–H and O–H groups in total. The van der Waals surface area contributed by atoms with Crippen molar-refractivity contribution in [2.24, 2.45) is 10.8 Å². The molecule has 0 bridgehead atoms. The number of benzene rings is 3. The summed E-state index contributed by atoms with van der Waals surface area (Å²) in [5.41, 5.74) is 7.36. The first kappa shape index (κ1) is 36.8. The summed E-state index contributed by atoms with van der Waals surface area (Å²) in [6, 6.07) is 15.9. The molecule has 0 aliphatic carbocycles. The summed E-state index contributed by atoms with van der Waals surface area (Å²) in [5.74, 6) is 0.176. The molecule has 0 spiro atoms. The van der Waals surface area contributed by atoms with Crippen LogP contribution < -0.4 is 0 Å². The highest BCUT2D eigenvalue weighted by Gasteiger charge is 2.32. The van der Waals surface area contributed by atoms with Crippen molar-refractivity contribution in [2.75, 3.05) is 0 Å². The van der Waals surface area contributed by atoms with E-state index in [-0.39, 0.29) is 39.6 Å². The van der Waals surface area contributed by atoms with E-state index in [1.165, 1.54) is 4.80 Å². The summed E-state index contributed by atoms with van der Waals surface area (Å²) in [4.78, 5) is 3.11. The lowest BCUT2D eigenvalue weighted by Gasteiger charge is -2.34. The molecule has 0 radical (unpaired) electrons. The number of aryl methyl sites for hydroxylation is 1. The lowest BCUT2D eigenvalue weighted by molar-refractivity contribution is 0.283. The Bertz CT molecular complexity index is 2000. The van der Waals surface area contributed by atoms with E-state index in [9.17, 15) is 10.2 Å². The monoisotopic (exact) mass is 676 g/mol. The average molecular weight is 677 g/mol. The molecule has 2 heterocycles. The van der Waals surface area contributed by atoms with Gasteiger partial charge in [0.05, 0.1) is 5.69 Å². The van der Waals surface area contributed by atoms with Crippen molar-refractivity contribution >= 4 is 17.1 Å². The van der Waals surface area contributed by atoms with Gasteiger partial charge in [-0.2, -0.15) is 5.10 Å². The molecule has 3 aromatic carbocycles. The van der Waals surface area contributed by atoms with Gasteiger partial charge in [-0.1, -0.05) is 107 Å². The molecule has 5 aromatic rings. The minimum atomic E-state index is -0.232. The van der Waals surface area contributed by atoms with Crippen LogP contribution in [0.5, 0.6) is 11.5 Å². The van der Waals surface area contributed by atoms with Crippen LogP contribution in [0.3, 0.4) is 0 Å². The van der Waals surface area contributed by atoms with E-state index in [4.69, 9.17) is 20.4 Å². The van der Waals surface area contributed by atoms with Crippen LogP contribution in [0.1, 0.15) is 130 Å². The van der Waals surface area contributed by atoms with Crippen molar-refractivity contribution in [3.05, 3.63) is 88.2 Å². The van der Waals surface area contributed by atoms with Gasteiger partial charge in [-0.05, 0) is 89.3 Å². The number of fused-ring (bicyclic) bond motifs is 1. The zero-order valence-electron chi connectivity index (χ0n) is 32.2. The van der Waals surface area contributed by atoms with Gasteiger partial charge in [-0.25, -0.2) is 0 Å². The summed E-state index contributed by atoms with van der Waals surface area (Å²) < 4.78 is 0. The van der Waals surface area contributed by atoms with Crippen LogP contribution in [0.25, 0.3) is 28.5 Å². The van der Waals surface area contributed by atoms with Crippen molar-refractivity contribution in [1.82, 2.24) is 30.0 Å².